The summed E-state index contributed by atoms with van der Waals surface area (Å²) in [5.74, 6) is -0.641. The zero-order valence-electron chi connectivity index (χ0n) is 18.0. The zero-order valence-corrected chi connectivity index (χ0v) is 18.0. The number of nitrogens with two attached hydrogens (primary N) is 1. The van der Waals surface area contributed by atoms with Crippen LogP contribution in [-0.4, -0.2) is 24.7 Å². The molecule has 0 bridgehead atoms. The minimum Gasteiger partial charge on any atom is -0.382 e. The maximum absolute atomic E-state index is 14.2. The van der Waals surface area contributed by atoms with Crippen LogP contribution in [0.5, 0.6) is 0 Å². The van der Waals surface area contributed by atoms with E-state index >= 15 is 0 Å². The highest BCUT2D eigenvalue weighted by atomic mass is 19.1. The quantitative estimate of drug-likeness (QED) is 0.350. The molecule has 5 aromatic rings. The van der Waals surface area contributed by atoms with Gasteiger partial charge in [-0.05, 0) is 31.2 Å². The van der Waals surface area contributed by atoms with Gasteiger partial charge >= 0.3 is 0 Å². The van der Waals surface area contributed by atoms with Crippen molar-refractivity contribution in [2.75, 3.05) is 5.73 Å². The van der Waals surface area contributed by atoms with Gasteiger partial charge in [0.1, 0.15) is 23.0 Å². The Kier molecular flexibility index (Phi) is 5.46. The first-order valence-corrected chi connectivity index (χ1v) is 10.4. The molecular weight excluding hydrogens is 438 g/mol. The van der Waals surface area contributed by atoms with E-state index in [-0.39, 0.29) is 29.7 Å². The Bertz CT molecular complexity index is 1510. The summed E-state index contributed by atoms with van der Waals surface area (Å²) >= 11 is 0. The van der Waals surface area contributed by atoms with Crippen molar-refractivity contribution in [2.45, 2.75) is 13.5 Å². The number of benzene rings is 2. The van der Waals surface area contributed by atoms with Crippen LogP contribution in [0.25, 0.3) is 22.6 Å². The molecule has 0 saturated heterocycles. The predicted molar refractivity (Wildman–Crippen MR) is 124 cm³/mol. The summed E-state index contributed by atoms with van der Waals surface area (Å²) in [6.07, 6.45) is 1.08. The van der Waals surface area contributed by atoms with Gasteiger partial charge in [0.25, 0.3) is 0 Å². The Morgan fingerprint density at radius 1 is 0.971 bits per heavy atom. The van der Waals surface area contributed by atoms with Gasteiger partial charge in [0.2, 0.25) is 0 Å². The number of aryl methyl sites for hydroxylation is 1. The van der Waals surface area contributed by atoms with Crippen molar-refractivity contribution in [1.29, 1.82) is 0 Å². The van der Waals surface area contributed by atoms with Crippen LogP contribution in [0.2, 0.25) is 0 Å². The number of hydrogen-bond donors (Lipinski definition) is 1. The van der Waals surface area contributed by atoms with E-state index < -0.39 is 5.82 Å². The molecule has 3 heterocycles. The number of fused-ring (bicyclic) bond motifs is 1. The van der Waals surface area contributed by atoms with E-state index in [1.54, 1.807) is 37.3 Å². The molecule has 2 aromatic carbocycles. The van der Waals surface area contributed by atoms with Gasteiger partial charge < -0.3 is 5.73 Å². The first-order chi connectivity index (χ1) is 16.5. The van der Waals surface area contributed by atoms with E-state index in [4.69, 9.17) is 5.73 Å². The average Bonchev–Trinajstić information content (AvgIpc) is 3.18. The highest BCUT2D eigenvalue weighted by molar-refractivity contribution is 5.89. The molecule has 0 saturated carbocycles. The smallest absolute Gasteiger partial charge is 0.183 e. The Morgan fingerprint density at radius 2 is 1.74 bits per heavy atom. The number of nitrogens with zero attached hydrogens (tertiary/aromatic N) is 7. The molecule has 0 unspecified atom stereocenters. The van der Waals surface area contributed by atoms with Gasteiger partial charge in [-0.15, -0.1) is 5.11 Å². The van der Waals surface area contributed by atoms with Crippen molar-refractivity contribution >= 4 is 28.2 Å². The van der Waals surface area contributed by atoms with E-state index in [9.17, 15) is 8.78 Å². The van der Waals surface area contributed by atoms with Gasteiger partial charge in [-0.2, -0.15) is 10.2 Å². The summed E-state index contributed by atoms with van der Waals surface area (Å²) in [4.78, 5) is 13.0. The number of nitrogen functional groups attached to an aromatic ring is 1. The minimum absolute atomic E-state index is 0.0969. The maximum atomic E-state index is 14.2. The number of azo groups is 1. The van der Waals surface area contributed by atoms with Crippen molar-refractivity contribution in [3.8, 4) is 11.5 Å². The lowest BCUT2D eigenvalue weighted by atomic mass is 10.2. The lowest BCUT2D eigenvalue weighted by molar-refractivity contribution is 0.588. The van der Waals surface area contributed by atoms with Gasteiger partial charge in [-0.1, -0.05) is 36.4 Å². The minimum atomic E-state index is -0.544. The number of hydrogen-bond acceptors (Lipinski definition) is 7. The second-order valence-electron chi connectivity index (χ2n) is 7.52. The largest absolute Gasteiger partial charge is 0.382 e. The molecule has 8 nitrogen and oxygen atoms in total. The van der Waals surface area contributed by atoms with Crippen molar-refractivity contribution < 1.29 is 8.78 Å². The van der Waals surface area contributed by atoms with E-state index in [1.807, 2.05) is 18.2 Å². The van der Waals surface area contributed by atoms with E-state index in [0.29, 0.717) is 33.7 Å². The Hall–Kier alpha value is -4.60. The van der Waals surface area contributed by atoms with Crippen LogP contribution in [0.3, 0.4) is 0 Å². The summed E-state index contributed by atoms with van der Waals surface area (Å²) in [6.45, 7) is 1.82. The standard InChI is InChI=1S/C24H18F2N8/c1-14-20(32-31-17-8-3-2-4-9-17)22(27)30-23(29-14)21-18-11-16(25)12-28-24(18)34(33-21)13-15-7-5-6-10-19(15)26/h2-12H,13H2,1H3,(H2,27,29,30)/b32-31+. The van der Waals surface area contributed by atoms with E-state index in [1.165, 1.54) is 16.8 Å². The van der Waals surface area contributed by atoms with Crippen LogP contribution < -0.4 is 5.73 Å². The van der Waals surface area contributed by atoms with E-state index in [0.717, 1.165) is 6.20 Å². The zero-order chi connectivity index (χ0) is 23.7. The number of pyridine rings is 1. The molecule has 0 aliphatic heterocycles. The molecule has 0 atom stereocenters. The molecule has 3 aromatic heterocycles. The summed E-state index contributed by atoms with van der Waals surface area (Å²) in [6, 6.07) is 16.8. The Balaban J connectivity index is 1.58. The molecule has 5 rings (SSSR count). The topological polar surface area (TPSA) is 107 Å². The van der Waals surface area contributed by atoms with Crippen molar-refractivity contribution in [3.63, 3.8) is 0 Å². The van der Waals surface area contributed by atoms with Gasteiger partial charge in [-0.3, -0.25) is 0 Å². The molecule has 34 heavy (non-hydrogen) atoms. The third kappa shape index (κ3) is 4.08. The lowest BCUT2D eigenvalue weighted by Crippen LogP contribution is -2.05. The average molecular weight is 456 g/mol. The summed E-state index contributed by atoms with van der Waals surface area (Å²) in [7, 11) is 0. The van der Waals surface area contributed by atoms with Crippen molar-refractivity contribution in [2.24, 2.45) is 10.2 Å². The fourth-order valence-electron chi connectivity index (χ4n) is 3.52. The number of aromatic nitrogens is 5. The number of halogens is 2. The first kappa shape index (κ1) is 21.3. The van der Waals surface area contributed by atoms with Gasteiger partial charge in [0, 0.05) is 5.56 Å². The molecule has 2 N–H and O–H groups in total. The van der Waals surface area contributed by atoms with Crippen LogP contribution in [0.4, 0.5) is 26.0 Å². The first-order valence-electron chi connectivity index (χ1n) is 10.4. The molecule has 0 aliphatic carbocycles. The van der Waals surface area contributed by atoms with Crippen molar-refractivity contribution in [3.05, 3.63) is 89.8 Å². The third-order valence-electron chi connectivity index (χ3n) is 5.15. The third-order valence-corrected chi connectivity index (χ3v) is 5.15. The maximum Gasteiger partial charge on any atom is 0.183 e. The lowest BCUT2D eigenvalue weighted by Gasteiger charge is -2.05. The summed E-state index contributed by atoms with van der Waals surface area (Å²) in [5.41, 5.74) is 8.69. The highest BCUT2D eigenvalue weighted by Crippen LogP contribution is 2.31. The second-order valence-corrected chi connectivity index (χ2v) is 7.52. The van der Waals surface area contributed by atoms with Gasteiger partial charge in [-0.25, -0.2) is 28.4 Å². The molecule has 0 spiro atoms. The number of anilines is 1. The van der Waals surface area contributed by atoms with Crippen LogP contribution in [0.1, 0.15) is 11.3 Å². The fourth-order valence-corrected chi connectivity index (χ4v) is 3.52. The second kappa shape index (κ2) is 8.74. The van der Waals surface area contributed by atoms with Crippen molar-refractivity contribution in [1.82, 2.24) is 24.7 Å². The summed E-state index contributed by atoms with van der Waals surface area (Å²) in [5, 5.41) is 13.3. The molecule has 0 aliphatic rings. The Labute approximate surface area is 192 Å². The van der Waals surface area contributed by atoms with Crippen LogP contribution in [-0.2, 0) is 6.54 Å². The SMILES string of the molecule is Cc1nc(-c2nn(Cc3ccccc3F)c3ncc(F)cc23)nc(N)c1/N=N/c1ccccc1. The Morgan fingerprint density at radius 3 is 2.50 bits per heavy atom. The molecular formula is C24H18F2N8. The molecule has 0 radical (unpaired) electrons. The normalized spacial score (nSPS) is 11.5. The van der Waals surface area contributed by atoms with Gasteiger partial charge in [0.05, 0.1) is 29.5 Å². The van der Waals surface area contributed by atoms with Crippen LogP contribution in [0.15, 0.2) is 77.1 Å². The molecule has 10 heteroatoms. The van der Waals surface area contributed by atoms with Crippen LogP contribution >= 0.6 is 0 Å². The van der Waals surface area contributed by atoms with Crippen LogP contribution in [0, 0.1) is 18.6 Å². The predicted octanol–water partition coefficient (Wildman–Crippen LogP) is 5.52. The fraction of sp³-hybridized carbons (Fsp3) is 0.0833. The monoisotopic (exact) mass is 456 g/mol. The molecule has 0 fully saturated rings. The molecule has 168 valence electrons. The highest BCUT2D eigenvalue weighted by Gasteiger charge is 2.20. The molecule has 0 amide bonds. The van der Waals surface area contributed by atoms with Gasteiger partial charge in [0.15, 0.2) is 17.3 Å². The van der Waals surface area contributed by atoms with E-state index in [2.05, 4.69) is 30.3 Å². The number of rotatable bonds is 5. The summed E-state index contributed by atoms with van der Waals surface area (Å²) < 4.78 is 29.8.